The van der Waals surface area contributed by atoms with E-state index < -0.39 is 22.9 Å². The molecule has 144 valence electrons. The summed E-state index contributed by atoms with van der Waals surface area (Å²) in [5.41, 5.74) is 1.62. The van der Waals surface area contributed by atoms with Gasteiger partial charge in [-0.2, -0.15) is 5.10 Å². The predicted molar refractivity (Wildman–Crippen MR) is 98.7 cm³/mol. The fourth-order valence-corrected chi connectivity index (χ4v) is 2.65. The van der Waals surface area contributed by atoms with Gasteiger partial charge in [0.2, 0.25) is 0 Å². The highest BCUT2D eigenvalue weighted by Crippen LogP contribution is 2.22. The first kappa shape index (κ1) is 20.4. The maximum Gasteiger partial charge on any atom is 0.328 e. The van der Waals surface area contributed by atoms with Gasteiger partial charge in [0.1, 0.15) is 17.9 Å². The summed E-state index contributed by atoms with van der Waals surface area (Å²) in [6.45, 7) is 5.86. The van der Waals surface area contributed by atoms with Crippen LogP contribution >= 0.6 is 11.6 Å². The van der Waals surface area contributed by atoms with Gasteiger partial charge in [0, 0.05) is 10.7 Å². The van der Waals surface area contributed by atoms with E-state index in [0.29, 0.717) is 10.7 Å². The second kappa shape index (κ2) is 8.17. The molecule has 0 radical (unpaired) electrons. The number of rotatable bonds is 6. The molecule has 1 aromatic carbocycles. The number of carbonyl (C=O) groups is 2. The number of hydrogen-bond donors (Lipinski definition) is 1. The van der Waals surface area contributed by atoms with E-state index in [4.69, 9.17) is 16.3 Å². The number of benzene rings is 1. The van der Waals surface area contributed by atoms with Gasteiger partial charge in [0.15, 0.2) is 6.10 Å². The van der Waals surface area contributed by atoms with Crippen LogP contribution < -0.4 is 5.32 Å². The van der Waals surface area contributed by atoms with Crippen molar-refractivity contribution in [2.45, 2.75) is 40.3 Å². The fourth-order valence-electron chi connectivity index (χ4n) is 2.48. The summed E-state index contributed by atoms with van der Waals surface area (Å²) in [6.07, 6.45) is -1.07. The Hall–Kier alpha value is -2.94. The maximum atomic E-state index is 12.2. The van der Waals surface area contributed by atoms with Gasteiger partial charge in [0.25, 0.3) is 5.91 Å². The number of carbonyl (C=O) groups excluding carboxylic acids is 2. The normalized spacial score (nSPS) is 11.7. The van der Waals surface area contributed by atoms with Crippen molar-refractivity contribution in [1.29, 1.82) is 0 Å². The minimum atomic E-state index is -1.07. The first-order chi connectivity index (χ1) is 12.6. The molecule has 0 spiro atoms. The van der Waals surface area contributed by atoms with Gasteiger partial charge < -0.3 is 10.1 Å². The third-order valence-electron chi connectivity index (χ3n) is 3.94. The van der Waals surface area contributed by atoms with Crippen molar-refractivity contribution in [1.82, 2.24) is 9.78 Å². The van der Waals surface area contributed by atoms with Crippen LogP contribution in [0.25, 0.3) is 0 Å². The zero-order chi connectivity index (χ0) is 20.3. The molecule has 0 saturated heterocycles. The van der Waals surface area contributed by atoms with E-state index in [2.05, 4.69) is 10.4 Å². The van der Waals surface area contributed by atoms with Gasteiger partial charge in [-0.05, 0) is 45.4 Å². The Balaban J connectivity index is 2.01. The molecule has 1 atom stereocenters. The van der Waals surface area contributed by atoms with E-state index >= 15 is 0 Å². The Kier molecular flexibility index (Phi) is 6.17. The Bertz CT molecular complexity index is 909. The number of hydrogen-bond acceptors (Lipinski definition) is 6. The number of nitrogens with one attached hydrogen (secondary N) is 1. The van der Waals surface area contributed by atoms with Gasteiger partial charge >= 0.3 is 11.7 Å². The molecule has 27 heavy (non-hydrogen) atoms. The lowest BCUT2D eigenvalue weighted by molar-refractivity contribution is -0.386. The van der Waals surface area contributed by atoms with Crippen LogP contribution in [0, 0.1) is 30.9 Å². The quantitative estimate of drug-likeness (QED) is 0.457. The fraction of sp³-hybridized carbons (Fsp3) is 0.353. The van der Waals surface area contributed by atoms with Crippen molar-refractivity contribution < 1.29 is 19.2 Å². The summed E-state index contributed by atoms with van der Waals surface area (Å²) < 4.78 is 6.29. The van der Waals surface area contributed by atoms with E-state index in [9.17, 15) is 19.7 Å². The second-order valence-corrected chi connectivity index (χ2v) is 6.45. The smallest absolute Gasteiger partial charge is 0.328 e. The average Bonchev–Trinajstić information content (AvgIpc) is 2.84. The van der Waals surface area contributed by atoms with Crippen molar-refractivity contribution >= 4 is 34.9 Å². The molecule has 1 aromatic heterocycles. The van der Waals surface area contributed by atoms with Crippen LogP contribution in [-0.4, -0.2) is 32.7 Å². The number of ether oxygens (including phenoxy) is 1. The number of esters is 1. The first-order valence-corrected chi connectivity index (χ1v) is 8.42. The van der Waals surface area contributed by atoms with Gasteiger partial charge in [-0.15, -0.1) is 0 Å². The molecule has 2 rings (SSSR count). The molecule has 10 heteroatoms. The summed E-state index contributed by atoms with van der Waals surface area (Å²) in [4.78, 5) is 34.8. The molecular weight excluding hydrogens is 376 g/mol. The van der Waals surface area contributed by atoms with Crippen LogP contribution in [0.5, 0.6) is 0 Å². The largest absolute Gasteiger partial charge is 0.451 e. The summed E-state index contributed by atoms with van der Waals surface area (Å²) >= 11 is 5.91. The standard InChI is InChI=1S/C17H19ClN4O5/c1-9-5-6-13(18)7-14(9)19-17(24)12(4)27-15(23)8-21-11(3)16(22(25)26)10(2)20-21/h5-7,12H,8H2,1-4H3,(H,19,24)/t12-/m0/s1. The van der Waals surface area contributed by atoms with Crippen LogP contribution in [0.1, 0.15) is 23.9 Å². The monoisotopic (exact) mass is 394 g/mol. The highest BCUT2D eigenvalue weighted by molar-refractivity contribution is 6.31. The van der Waals surface area contributed by atoms with Crippen molar-refractivity contribution in [3.8, 4) is 0 Å². The topological polar surface area (TPSA) is 116 Å². The van der Waals surface area contributed by atoms with Crippen molar-refractivity contribution in [3.05, 3.63) is 50.3 Å². The Morgan fingerprint density at radius 3 is 2.63 bits per heavy atom. The summed E-state index contributed by atoms with van der Waals surface area (Å²) in [5.74, 6) is -1.26. The van der Waals surface area contributed by atoms with E-state index in [1.165, 1.54) is 25.5 Å². The zero-order valence-electron chi connectivity index (χ0n) is 15.3. The SMILES string of the molecule is Cc1ccc(Cl)cc1NC(=O)[C@H](C)OC(=O)Cn1nc(C)c([N+](=O)[O-])c1C. The van der Waals surface area contributed by atoms with E-state index in [1.54, 1.807) is 25.1 Å². The van der Waals surface area contributed by atoms with Crippen LogP contribution in [0.4, 0.5) is 11.4 Å². The van der Waals surface area contributed by atoms with E-state index in [-0.39, 0.29) is 23.6 Å². The highest BCUT2D eigenvalue weighted by Gasteiger charge is 2.24. The van der Waals surface area contributed by atoms with E-state index in [1.807, 2.05) is 0 Å². The number of aromatic nitrogens is 2. The predicted octanol–water partition coefficient (Wildman–Crippen LogP) is 2.94. The lowest BCUT2D eigenvalue weighted by Gasteiger charge is -2.15. The van der Waals surface area contributed by atoms with Crippen LogP contribution in [-0.2, 0) is 20.9 Å². The number of nitro groups is 1. The molecule has 0 fully saturated rings. The number of amides is 1. The molecule has 0 aliphatic carbocycles. The van der Waals surface area contributed by atoms with Crippen molar-refractivity contribution in [3.63, 3.8) is 0 Å². The second-order valence-electron chi connectivity index (χ2n) is 6.01. The Morgan fingerprint density at radius 2 is 2.04 bits per heavy atom. The number of halogens is 1. The molecule has 0 unspecified atom stereocenters. The molecular formula is C17H19ClN4O5. The third-order valence-corrected chi connectivity index (χ3v) is 4.17. The van der Waals surface area contributed by atoms with Crippen LogP contribution in [0.15, 0.2) is 18.2 Å². The van der Waals surface area contributed by atoms with E-state index in [0.717, 1.165) is 5.56 Å². The number of anilines is 1. The lowest BCUT2D eigenvalue weighted by Crippen LogP contribution is -2.31. The minimum Gasteiger partial charge on any atom is -0.451 e. The van der Waals surface area contributed by atoms with Gasteiger partial charge in [-0.25, -0.2) is 0 Å². The van der Waals surface area contributed by atoms with Crippen molar-refractivity contribution in [2.24, 2.45) is 0 Å². The molecule has 0 saturated carbocycles. The molecule has 1 N–H and O–H groups in total. The molecule has 0 bridgehead atoms. The van der Waals surface area contributed by atoms with Gasteiger partial charge in [-0.1, -0.05) is 17.7 Å². The molecule has 1 amide bonds. The van der Waals surface area contributed by atoms with Gasteiger partial charge in [0.05, 0.1) is 4.92 Å². The third kappa shape index (κ3) is 4.82. The Morgan fingerprint density at radius 1 is 1.37 bits per heavy atom. The van der Waals surface area contributed by atoms with Gasteiger partial charge in [-0.3, -0.25) is 24.4 Å². The lowest BCUT2D eigenvalue weighted by atomic mass is 10.2. The zero-order valence-corrected chi connectivity index (χ0v) is 16.0. The summed E-state index contributed by atoms with van der Waals surface area (Å²) in [7, 11) is 0. The molecule has 9 nitrogen and oxygen atoms in total. The molecule has 0 aliphatic heterocycles. The minimum absolute atomic E-state index is 0.148. The molecule has 2 aromatic rings. The number of nitrogens with zero attached hydrogens (tertiary/aromatic N) is 3. The Labute approximate surface area is 160 Å². The molecule has 0 aliphatic rings. The van der Waals surface area contributed by atoms with Crippen LogP contribution in [0.2, 0.25) is 5.02 Å². The summed E-state index contributed by atoms with van der Waals surface area (Å²) in [5, 5.41) is 18.1. The highest BCUT2D eigenvalue weighted by atomic mass is 35.5. The summed E-state index contributed by atoms with van der Waals surface area (Å²) in [6, 6.07) is 5.05. The number of aryl methyl sites for hydroxylation is 2. The molecule has 1 heterocycles. The first-order valence-electron chi connectivity index (χ1n) is 8.05. The maximum absolute atomic E-state index is 12.2. The average molecular weight is 395 g/mol. The van der Waals surface area contributed by atoms with Crippen molar-refractivity contribution in [2.75, 3.05) is 5.32 Å². The van der Waals surface area contributed by atoms with Crippen LogP contribution in [0.3, 0.4) is 0 Å².